The highest BCUT2D eigenvalue weighted by Crippen LogP contribution is 2.30. The number of carbonyl (C=O) groups excluding carboxylic acids is 1. The van der Waals surface area contributed by atoms with E-state index in [2.05, 4.69) is 20.5 Å². The van der Waals surface area contributed by atoms with Crippen molar-refractivity contribution in [3.63, 3.8) is 0 Å². The van der Waals surface area contributed by atoms with Gasteiger partial charge in [-0.05, 0) is 50.6 Å². The number of anilines is 1. The number of furan rings is 1. The number of rotatable bonds is 6. The molecule has 0 atom stereocenters. The Morgan fingerprint density at radius 3 is 2.59 bits per heavy atom. The number of fused-ring (bicyclic) bond motifs is 1. The van der Waals surface area contributed by atoms with Crippen molar-refractivity contribution in [1.29, 1.82) is 0 Å². The van der Waals surface area contributed by atoms with Gasteiger partial charge in [-0.15, -0.1) is 0 Å². The van der Waals surface area contributed by atoms with Crippen LogP contribution in [0, 0.1) is 20.8 Å². The van der Waals surface area contributed by atoms with Crippen molar-refractivity contribution in [2.45, 2.75) is 33.9 Å². The lowest BCUT2D eigenvalue weighted by molar-refractivity contribution is -0.116. The first-order valence-electron chi connectivity index (χ1n) is 10.9. The third-order valence-electron chi connectivity index (χ3n) is 5.81. The summed E-state index contributed by atoms with van der Waals surface area (Å²) in [6.45, 7) is 6.24. The van der Waals surface area contributed by atoms with E-state index in [1.807, 2.05) is 67.9 Å². The van der Waals surface area contributed by atoms with Crippen LogP contribution >= 0.6 is 11.6 Å². The molecule has 0 bridgehead atoms. The topological polar surface area (TPSA) is 90.8 Å². The molecule has 172 valence electrons. The molecular formula is C25H23ClN6O2. The Bertz CT molecular complexity index is 1500. The molecule has 0 aliphatic heterocycles. The minimum absolute atomic E-state index is 0.0214. The molecule has 0 fully saturated rings. The molecule has 0 saturated heterocycles. The van der Waals surface area contributed by atoms with Gasteiger partial charge >= 0.3 is 0 Å². The third kappa shape index (κ3) is 3.97. The zero-order valence-electron chi connectivity index (χ0n) is 19.0. The molecule has 4 heterocycles. The van der Waals surface area contributed by atoms with Crippen molar-refractivity contribution in [2.75, 3.05) is 5.32 Å². The van der Waals surface area contributed by atoms with Crippen LogP contribution < -0.4 is 5.32 Å². The predicted molar refractivity (Wildman–Crippen MR) is 131 cm³/mol. The molecule has 8 nitrogen and oxygen atoms in total. The second-order valence-corrected chi connectivity index (χ2v) is 8.53. The van der Waals surface area contributed by atoms with Gasteiger partial charge in [0, 0.05) is 16.8 Å². The van der Waals surface area contributed by atoms with Crippen LogP contribution in [0.3, 0.4) is 0 Å². The highest BCUT2D eigenvalue weighted by atomic mass is 35.5. The zero-order valence-corrected chi connectivity index (χ0v) is 19.8. The monoisotopic (exact) mass is 474 g/mol. The fraction of sp³-hybridized carbons (Fsp3) is 0.200. The third-order valence-corrected chi connectivity index (χ3v) is 6.18. The Kier molecular flexibility index (Phi) is 5.67. The average Bonchev–Trinajstić information content (AvgIpc) is 3.52. The fourth-order valence-corrected chi connectivity index (χ4v) is 4.36. The molecular weight excluding hydrogens is 452 g/mol. The Morgan fingerprint density at radius 2 is 1.82 bits per heavy atom. The van der Waals surface area contributed by atoms with E-state index in [1.165, 1.54) is 0 Å². The second-order valence-electron chi connectivity index (χ2n) is 8.12. The van der Waals surface area contributed by atoms with E-state index in [1.54, 1.807) is 17.1 Å². The predicted octanol–water partition coefficient (Wildman–Crippen LogP) is 5.15. The molecule has 0 saturated carbocycles. The van der Waals surface area contributed by atoms with Crippen LogP contribution in [-0.2, 0) is 17.9 Å². The summed E-state index contributed by atoms with van der Waals surface area (Å²) in [7, 11) is 0. The van der Waals surface area contributed by atoms with Crippen LogP contribution in [0.25, 0.3) is 22.4 Å². The quantitative estimate of drug-likeness (QED) is 0.367. The maximum Gasteiger partial charge on any atom is 0.246 e. The zero-order chi connectivity index (χ0) is 23.8. The maximum absolute atomic E-state index is 13.0. The number of benzene rings is 1. The van der Waals surface area contributed by atoms with Crippen molar-refractivity contribution in [2.24, 2.45) is 0 Å². The highest BCUT2D eigenvalue weighted by molar-refractivity contribution is 6.31. The highest BCUT2D eigenvalue weighted by Gasteiger charge is 2.19. The van der Waals surface area contributed by atoms with Gasteiger partial charge in [-0.25, -0.2) is 9.67 Å². The summed E-state index contributed by atoms with van der Waals surface area (Å²) in [4.78, 5) is 17.5. The lowest BCUT2D eigenvalue weighted by Crippen LogP contribution is -2.20. The maximum atomic E-state index is 13.0. The van der Waals surface area contributed by atoms with E-state index < -0.39 is 0 Å². The van der Waals surface area contributed by atoms with Crippen molar-refractivity contribution >= 4 is 34.2 Å². The van der Waals surface area contributed by atoms with E-state index in [0.717, 1.165) is 39.4 Å². The summed E-state index contributed by atoms with van der Waals surface area (Å²) >= 11 is 6.31. The number of amides is 1. The normalized spacial score (nSPS) is 11.3. The molecule has 1 N–H and O–H groups in total. The van der Waals surface area contributed by atoms with Crippen LogP contribution in [0.1, 0.15) is 22.6 Å². The Hall–Kier alpha value is -3.91. The minimum atomic E-state index is -0.210. The number of hydrogen-bond donors (Lipinski definition) is 1. The molecule has 0 aliphatic rings. The molecule has 9 heteroatoms. The number of halogens is 1. The van der Waals surface area contributed by atoms with Gasteiger partial charge < -0.3 is 9.73 Å². The lowest BCUT2D eigenvalue weighted by atomic mass is 10.1. The van der Waals surface area contributed by atoms with Crippen LogP contribution in [0.2, 0.25) is 5.02 Å². The van der Waals surface area contributed by atoms with Crippen molar-refractivity contribution < 1.29 is 9.21 Å². The fourth-order valence-electron chi connectivity index (χ4n) is 4.16. The summed E-state index contributed by atoms with van der Waals surface area (Å²) in [5.74, 6) is 0.523. The Balaban J connectivity index is 1.39. The smallest absolute Gasteiger partial charge is 0.246 e. The van der Waals surface area contributed by atoms with Gasteiger partial charge in [0.1, 0.15) is 12.3 Å². The average molecular weight is 475 g/mol. The van der Waals surface area contributed by atoms with Gasteiger partial charge in [-0.2, -0.15) is 10.2 Å². The molecule has 0 spiro atoms. The number of nitrogens with one attached hydrogen (secondary N) is 1. The number of pyridine rings is 1. The molecule has 4 aromatic heterocycles. The van der Waals surface area contributed by atoms with Crippen LogP contribution in [0.4, 0.5) is 5.69 Å². The first-order chi connectivity index (χ1) is 16.4. The van der Waals surface area contributed by atoms with E-state index in [4.69, 9.17) is 16.0 Å². The summed E-state index contributed by atoms with van der Waals surface area (Å²) in [6.07, 6.45) is 3.33. The van der Waals surface area contributed by atoms with Crippen LogP contribution in [0.5, 0.6) is 0 Å². The number of nitrogens with zero attached hydrogens (tertiary/aromatic N) is 5. The number of hydrogen-bond acceptors (Lipinski definition) is 5. The van der Waals surface area contributed by atoms with Gasteiger partial charge in [0.2, 0.25) is 5.91 Å². The molecule has 0 aliphatic carbocycles. The molecule has 5 aromatic rings. The van der Waals surface area contributed by atoms with E-state index in [-0.39, 0.29) is 12.5 Å². The van der Waals surface area contributed by atoms with E-state index in [9.17, 15) is 4.79 Å². The van der Waals surface area contributed by atoms with Crippen molar-refractivity contribution in [3.8, 4) is 11.3 Å². The summed E-state index contributed by atoms with van der Waals surface area (Å²) in [5.41, 5.74) is 5.54. The summed E-state index contributed by atoms with van der Waals surface area (Å²) in [5, 5.41) is 13.7. The number of aromatic nitrogens is 5. The van der Waals surface area contributed by atoms with Gasteiger partial charge in [0.05, 0.1) is 41.0 Å². The van der Waals surface area contributed by atoms with Gasteiger partial charge in [-0.3, -0.25) is 9.48 Å². The van der Waals surface area contributed by atoms with Crippen LogP contribution in [0.15, 0.2) is 59.3 Å². The summed E-state index contributed by atoms with van der Waals surface area (Å²) in [6, 6.07) is 13.3. The standard InChI is InChI=1S/C25H23ClN6O2/c1-15-23-19(21-9-6-12-34-21)10-11-27-25(23)32(29-15)14-22(33)28-24-16(2)30-31(17(24)3)13-18-7-4-5-8-20(18)26/h4-12H,13-14H2,1-3H3,(H,28,33). The van der Waals surface area contributed by atoms with Gasteiger partial charge in [0.25, 0.3) is 0 Å². The number of carbonyl (C=O) groups is 1. The molecule has 0 radical (unpaired) electrons. The molecule has 1 amide bonds. The minimum Gasteiger partial charge on any atom is -0.464 e. The van der Waals surface area contributed by atoms with Crippen LogP contribution in [-0.4, -0.2) is 30.5 Å². The SMILES string of the molecule is Cc1nn(Cc2ccccc2Cl)c(C)c1NC(=O)Cn1nc(C)c2c(-c3ccco3)ccnc21. The Labute approximate surface area is 201 Å². The largest absolute Gasteiger partial charge is 0.464 e. The van der Waals surface area contributed by atoms with Crippen molar-refractivity contribution in [1.82, 2.24) is 24.5 Å². The second kappa shape index (κ2) is 8.79. The van der Waals surface area contributed by atoms with Crippen molar-refractivity contribution in [3.05, 3.63) is 82.6 Å². The van der Waals surface area contributed by atoms with E-state index >= 15 is 0 Å². The van der Waals surface area contributed by atoms with E-state index in [0.29, 0.717) is 22.9 Å². The molecule has 0 unspecified atom stereocenters. The van der Waals surface area contributed by atoms with Gasteiger partial charge in [-0.1, -0.05) is 29.8 Å². The first-order valence-corrected chi connectivity index (χ1v) is 11.2. The summed E-state index contributed by atoms with van der Waals surface area (Å²) < 4.78 is 9.03. The Morgan fingerprint density at radius 1 is 1.03 bits per heavy atom. The van der Waals surface area contributed by atoms with Gasteiger partial charge in [0.15, 0.2) is 5.65 Å². The lowest BCUT2D eigenvalue weighted by Gasteiger charge is -2.09. The molecule has 34 heavy (non-hydrogen) atoms. The first kappa shape index (κ1) is 21.9. The molecule has 1 aromatic carbocycles. The number of aryl methyl sites for hydroxylation is 2. The molecule has 5 rings (SSSR count).